The maximum absolute atomic E-state index is 13.7. The zero-order chi connectivity index (χ0) is 21.7. The Morgan fingerprint density at radius 1 is 0.969 bits per heavy atom. The Hall–Kier alpha value is -3.18. The zero-order valence-corrected chi connectivity index (χ0v) is 18.3. The molecule has 1 aromatic heterocycles. The summed E-state index contributed by atoms with van der Waals surface area (Å²) in [5.41, 5.74) is 5.56. The summed E-state index contributed by atoms with van der Waals surface area (Å²) in [5.74, 6) is 1.31. The number of fused-ring (bicyclic) bond motifs is 1. The Bertz CT molecular complexity index is 1120. The molecule has 2 heterocycles. The molecule has 2 aromatic carbocycles. The quantitative estimate of drug-likeness (QED) is 0.669. The van der Waals surface area contributed by atoms with Crippen LogP contribution in [0.25, 0.3) is 0 Å². The highest BCUT2D eigenvalue weighted by Gasteiger charge is 2.53. The van der Waals surface area contributed by atoms with Gasteiger partial charge in [0.05, 0.1) is 30.5 Å². The van der Waals surface area contributed by atoms with Crippen LogP contribution in [0.2, 0.25) is 0 Å². The number of anilines is 2. The van der Waals surface area contributed by atoms with Gasteiger partial charge in [0.1, 0.15) is 5.82 Å². The molecule has 0 spiro atoms. The number of aromatic nitrogens is 1. The van der Waals surface area contributed by atoms with Crippen molar-refractivity contribution in [2.75, 3.05) is 36.5 Å². The number of rotatable bonds is 3. The molecule has 32 heavy (non-hydrogen) atoms. The van der Waals surface area contributed by atoms with Crippen molar-refractivity contribution in [3.8, 4) is 0 Å². The van der Waals surface area contributed by atoms with E-state index in [1.165, 1.54) is 22.3 Å². The van der Waals surface area contributed by atoms with Crippen molar-refractivity contribution in [2.24, 2.45) is 5.41 Å². The van der Waals surface area contributed by atoms with Gasteiger partial charge in [-0.25, -0.2) is 4.98 Å². The molecular formula is C27H27N3O2. The summed E-state index contributed by atoms with van der Waals surface area (Å²) in [6.45, 7) is 5.27. The predicted molar refractivity (Wildman–Crippen MR) is 125 cm³/mol. The highest BCUT2D eigenvalue weighted by atomic mass is 16.5. The second-order valence-electron chi connectivity index (χ2n) is 9.32. The molecule has 0 radical (unpaired) electrons. The Morgan fingerprint density at radius 3 is 2.19 bits per heavy atom. The first-order chi connectivity index (χ1) is 15.6. The standard InChI is InChI=1S/C27H27N3O2/c1-27(26(31)29-18-10-11-24(28-17-18)30-12-14-32-15-13-30)16-23-19-6-2-4-8-21(19)25(27)22-9-5-3-7-20(22)23/h2-11,17,23,25H,12-16H2,1H3,(H,29,31). The van der Waals surface area contributed by atoms with Gasteiger partial charge in [-0.3, -0.25) is 4.79 Å². The summed E-state index contributed by atoms with van der Waals surface area (Å²) in [6, 6.07) is 21.2. The molecule has 4 aliphatic rings. The summed E-state index contributed by atoms with van der Waals surface area (Å²) >= 11 is 0. The number of hydrogen-bond acceptors (Lipinski definition) is 4. The monoisotopic (exact) mass is 425 g/mol. The number of morpholine rings is 1. The maximum Gasteiger partial charge on any atom is 0.231 e. The van der Waals surface area contributed by atoms with E-state index in [9.17, 15) is 4.79 Å². The van der Waals surface area contributed by atoms with Crippen molar-refractivity contribution >= 4 is 17.4 Å². The molecular weight excluding hydrogens is 398 g/mol. The number of ether oxygens (including phenoxy) is 1. The van der Waals surface area contributed by atoms with Crippen molar-refractivity contribution in [2.45, 2.75) is 25.2 Å². The lowest BCUT2D eigenvalue weighted by molar-refractivity contribution is -0.126. The van der Waals surface area contributed by atoms with Crippen molar-refractivity contribution in [1.82, 2.24) is 4.98 Å². The topological polar surface area (TPSA) is 54.5 Å². The fraction of sp³-hybridized carbons (Fsp3) is 0.333. The van der Waals surface area contributed by atoms with Gasteiger partial charge in [-0.15, -0.1) is 0 Å². The van der Waals surface area contributed by atoms with E-state index in [0.717, 1.165) is 44.2 Å². The third kappa shape index (κ3) is 2.95. The number of carbonyl (C=O) groups is 1. The smallest absolute Gasteiger partial charge is 0.231 e. The van der Waals surface area contributed by atoms with Crippen LogP contribution in [0.1, 0.15) is 47.4 Å². The number of hydrogen-bond donors (Lipinski definition) is 1. The summed E-state index contributed by atoms with van der Waals surface area (Å²) in [6.07, 6.45) is 2.59. The van der Waals surface area contributed by atoms with E-state index >= 15 is 0 Å². The van der Waals surface area contributed by atoms with Crippen molar-refractivity contribution in [1.29, 1.82) is 0 Å². The molecule has 3 aliphatic carbocycles. The summed E-state index contributed by atoms with van der Waals surface area (Å²) in [4.78, 5) is 20.5. The maximum atomic E-state index is 13.7. The van der Waals surface area contributed by atoms with Gasteiger partial charge in [-0.05, 0) is 47.7 Å². The number of benzene rings is 2. The van der Waals surface area contributed by atoms with Crippen LogP contribution in [-0.4, -0.2) is 37.2 Å². The zero-order valence-electron chi connectivity index (χ0n) is 18.3. The van der Waals surface area contributed by atoms with Crippen LogP contribution >= 0.6 is 0 Å². The lowest BCUT2D eigenvalue weighted by Crippen LogP contribution is -2.47. The third-order valence-corrected chi connectivity index (χ3v) is 7.49. The highest BCUT2D eigenvalue weighted by Crippen LogP contribution is 2.61. The van der Waals surface area contributed by atoms with Crippen molar-refractivity contribution in [3.63, 3.8) is 0 Å². The van der Waals surface area contributed by atoms with Gasteiger partial charge in [-0.1, -0.05) is 48.5 Å². The average Bonchev–Trinajstić information content (AvgIpc) is 2.85. The van der Waals surface area contributed by atoms with E-state index in [1.54, 1.807) is 6.20 Å². The molecule has 1 N–H and O–H groups in total. The van der Waals surface area contributed by atoms with Crippen LogP contribution in [0.15, 0.2) is 66.9 Å². The second kappa shape index (κ2) is 7.45. The van der Waals surface area contributed by atoms with Crippen LogP contribution in [0.4, 0.5) is 11.5 Å². The summed E-state index contributed by atoms with van der Waals surface area (Å²) in [7, 11) is 0. The summed E-state index contributed by atoms with van der Waals surface area (Å²) in [5, 5.41) is 3.18. The van der Waals surface area contributed by atoms with Gasteiger partial charge >= 0.3 is 0 Å². The fourth-order valence-electron chi connectivity index (χ4n) is 5.90. The van der Waals surface area contributed by atoms with Crippen LogP contribution in [0.5, 0.6) is 0 Å². The van der Waals surface area contributed by atoms with E-state index in [2.05, 4.69) is 70.7 Å². The average molecular weight is 426 g/mol. The number of nitrogens with zero attached hydrogens (tertiary/aromatic N) is 2. The molecule has 7 rings (SSSR count). The van der Waals surface area contributed by atoms with Gasteiger partial charge < -0.3 is 15.0 Å². The lowest BCUT2D eigenvalue weighted by atomic mass is 9.52. The van der Waals surface area contributed by atoms with Crippen LogP contribution in [0, 0.1) is 5.41 Å². The largest absolute Gasteiger partial charge is 0.378 e. The minimum absolute atomic E-state index is 0.0560. The van der Waals surface area contributed by atoms with Gasteiger partial charge in [0, 0.05) is 24.9 Å². The Balaban J connectivity index is 1.30. The number of pyridine rings is 1. The Morgan fingerprint density at radius 2 is 1.59 bits per heavy atom. The fourth-order valence-corrected chi connectivity index (χ4v) is 5.90. The molecule has 1 unspecified atom stereocenters. The van der Waals surface area contributed by atoms with Crippen LogP contribution < -0.4 is 10.2 Å². The number of nitrogens with one attached hydrogen (secondary N) is 1. The second-order valence-corrected chi connectivity index (χ2v) is 9.32. The first-order valence-electron chi connectivity index (χ1n) is 11.4. The van der Waals surface area contributed by atoms with Gasteiger partial charge in [0.2, 0.25) is 5.91 Å². The van der Waals surface area contributed by atoms with E-state index in [-0.39, 0.29) is 17.7 Å². The minimum atomic E-state index is -0.518. The normalized spacial score (nSPS) is 25.7. The van der Waals surface area contributed by atoms with E-state index in [1.807, 2.05) is 12.1 Å². The molecule has 5 heteroatoms. The van der Waals surface area contributed by atoms with Gasteiger partial charge in [0.25, 0.3) is 0 Å². The molecule has 3 aromatic rings. The first-order valence-corrected chi connectivity index (χ1v) is 11.4. The third-order valence-electron chi connectivity index (χ3n) is 7.49. The molecule has 1 atom stereocenters. The van der Waals surface area contributed by atoms with Gasteiger partial charge in [-0.2, -0.15) is 0 Å². The molecule has 0 saturated carbocycles. The Labute approximate surface area is 188 Å². The molecule has 1 amide bonds. The van der Waals surface area contributed by atoms with Crippen molar-refractivity contribution in [3.05, 3.63) is 89.1 Å². The number of amides is 1. The highest BCUT2D eigenvalue weighted by molar-refractivity contribution is 5.97. The van der Waals surface area contributed by atoms with Crippen LogP contribution in [-0.2, 0) is 9.53 Å². The van der Waals surface area contributed by atoms with E-state index in [4.69, 9.17) is 4.74 Å². The minimum Gasteiger partial charge on any atom is -0.378 e. The molecule has 2 bridgehead atoms. The predicted octanol–water partition coefficient (Wildman–Crippen LogP) is 4.54. The molecule has 1 fully saturated rings. The van der Waals surface area contributed by atoms with Gasteiger partial charge in [0.15, 0.2) is 0 Å². The summed E-state index contributed by atoms with van der Waals surface area (Å²) < 4.78 is 5.42. The molecule has 1 aliphatic heterocycles. The SMILES string of the molecule is CC1(C(=O)Nc2ccc(N3CCOCC3)nc2)CC2c3ccccc3C1c1ccccc12. The van der Waals surface area contributed by atoms with E-state index in [0.29, 0.717) is 0 Å². The van der Waals surface area contributed by atoms with Crippen LogP contribution in [0.3, 0.4) is 0 Å². The first kappa shape index (κ1) is 19.5. The van der Waals surface area contributed by atoms with E-state index < -0.39 is 5.41 Å². The van der Waals surface area contributed by atoms with Crippen molar-refractivity contribution < 1.29 is 9.53 Å². The molecule has 1 saturated heterocycles. The lowest BCUT2D eigenvalue weighted by Gasteiger charge is -2.50. The molecule has 162 valence electrons. The Kier molecular flexibility index (Phi) is 4.54. The number of carbonyl (C=O) groups excluding carboxylic acids is 1. The molecule has 5 nitrogen and oxygen atoms in total.